The van der Waals surface area contributed by atoms with E-state index < -0.39 is 0 Å². The molecule has 0 spiro atoms. The van der Waals surface area contributed by atoms with Crippen LogP contribution in [0.3, 0.4) is 0 Å². The van der Waals surface area contributed by atoms with Gasteiger partial charge >= 0.3 is 0 Å². The van der Waals surface area contributed by atoms with Crippen molar-refractivity contribution in [3.63, 3.8) is 0 Å². The Hall–Kier alpha value is -2.42. The summed E-state index contributed by atoms with van der Waals surface area (Å²) in [5, 5.41) is 0. The van der Waals surface area contributed by atoms with Crippen molar-refractivity contribution in [1.29, 1.82) is 0 Å². The van der Waals surface area contributed by atoms with Gasteiger partial charge in [-0.15, -0.1) is 0 Å². The lowest BCUT2D eigenvalue weighted by Gasteiger charge is -2.28. The molecule has 0 N–H and O–H groups in total. The first-order valence-corrected chi connectivity index (χ1v) is 6.83. The van der Waals surface area contributed by atoms with Crippen LogP contribution < -0.4 is 0 Å². The predicted octanol–water partition coefficient (Wildman–Crippen LogP) is 3.30. The van der Waals surface area contributed by atoms with Gasteiger partial charge in [0.2, 0.25) is 0 Å². The van der Waals surface area contributed by atoms with Gasteiger partial charge in [0.1, 0.15) is 0 Å². The van der Waals surface area contributed by atoms with Crippen molar-refractivity contribution in [1.82, 2.24) is 4.90 Å². The minimum Gasteiger partial charge on any atom is -0.356 e. The van der Waals surface area contributed by atoms with Gasteiger partial charge in [-0.3, -0.25) is 9.59 Å². The molecule has 1 aliphatic heterocycles. The lowest BCUT2D eigenvalue weighted by molar-refractivity contribution is -0.114. The van der Waals surface area contributed by atoms with E-state index in [1.165, 1.54) is 13.8 Å². The number of hydrogen-bond donors (Lipinski definition) is 0. The van der Waals surface area contributed by atoms with Crippen LogP contribution in [0.4, 0.5) is 0 Å². The van der Waals surface area contributed by atoms with Crippen molar-refractivity contribution < 1.29 is 9.59 Å². The number of benzene rings is 1. The molecular formula is C18H19NO2. The zero-order valence-corrected chi connectivity index (χ0v) is 12.6. The smallest absolute Gasteiger partial charge is 0.158 e. The maximum Gasteiger partial charge on any atom is 0.158 e. The van der Waals surface area contributed by atoms with Crippen LogP contribution in [-0.4, -0.2) is 23.5 Å². The van der Waals surface area contributed by atoms with Crippen molar-refractivity contribution in [3.8, 4) is 0 Å². The number of Topliss-reactive ketones (excluding diaryl/α,β-unsaturated/α-hetero) is 2. The minimum atomic E-state index is -0.296. The molecule has 0 bridgehead atoms. The van der Waals surface area contributed by atoms with Gasteiger partial charge in [-0.05, 0) is 25.0 Å². The highest BCUT2D eigenvalue weighted by atomic mass is 16.1. The Morgan fingerprint density at radius 3 is 1.90 bits per heavy atom. The average molecular weight is 281 g/mol. The fourth-order valence-electron chi connectivity index (χ4n) is 2.56. The van der Waals surface area contributed by atoms with E-state index in [-0.39, 0.29) is 17.5 Å². The second-order valence-corrected chi connectivity index (χ2v) is 5.25. The van der Waals surface area contributed by atoms with Crippen molar-refractivity contribution >= 4 is 17.6 Å². The molecule has 21 heavy (non-hydrogen) atoms. The number of nitrogens with zero attached hydrogens (tertiary/aromatic N) is 1. The minimum absolute atomic E-state index is 0.0218. The van der Waals surface area contributed by atoms with Crippen LogP contribution >= 0.6 is 0 Å². The highest BCUT2D eigenvalue weighted by molar-refractivity contribution is 6.02. The molecule has 2 rings (SSSR count). The first-order chi connectivity index (χ1) is 9.93. The fourth-order valence-corrected chi connectivity index (χ4v) is 2.56. The van der Waals surface area contributed by atoms with Crippen LogP contribution in [0.25, 0.3) is 6.08 Å². The van der Waals surface area contributed by atoms with Crippen LogP contribution in [0.5, 0.6) is 0 Å². The summed E-state index contributed by atoms with van der Waals surface area (Å²) in [6, 6.07) is 7.77. The van der Waals surface area contributed by atoms with Crippen molar-refractivity contribution in [2.75, 3.05) is 7.05 Å². The Bertz CT molecular complexity index is 618. The van der Waals surface area contributed by atoms with Crippen molar-refractivity contribution in [2.24, 2.45) is 0 Å². The van der Waals surface area contributed by atoms with Gasteiger partial charge in [0.05, 0.1) is 0 Å². The molecule has 3 heteroatoms. The first kappa shape index (κ1) is 15.0. The Morgan fingerprint density at radius 1 is 1.05 bits per heavy atom. The molecule has 0 amide bonds. The molecule has 1 heterocycles. The largest absolute Gasteiger partial charge is 0.356 e. The van der Waals surface area contributed by atoms with Crippen LogP contribution in [0, 0.1) is 0 Å². The van der Waals surface area contributed by atoms with E-state index in [4.69, 9.17) is 0 Å². The maximum atomic E-state index is 12.0. The van der Waals surface area contributed by atoms with E-state index >= 15 is 0 Å². The molecule has 108 valence electrons. The van der Waals surface area contributed by atoms with Crippen LogP contribution in [-0.2, 0) is 9.59 Å². The lowest BCUT2D eigenvalue weighted by Crippen LogP contribution is -2.24. The topological polar surface area (TPSA) is 37.4 Å². The van der Waals surface area contributed by atoms with E-state index in [9.17, 15) is 9.59 Å². The Balaban J connectivity index is 2.54. The molecule has 0 fully saturated rings. The fraction of sp³-hybridized carbons (Fsp3) is 0.222. The van der Waals surface area contributed by atoms with Crippen LogP contribution in [0.2, 0.25) is 0 Å². The van der Waals surface area contributed by atoms with Crippen LogP contribution in [0.15, 0.2) is 54.4 Å². The third-order valence-corrected chi connectivity index (χ3v) is 3.63. The van der Waals surface area contributed by atoms with Gasteiger partial charge in [-0.25, -0.2) is 0 Å². The van der Waals surface area contributed by atoms with Crippen LogP contribution in [0.1, 0.15) is 30.9 Å². The first-order valence-electron chi connectivity index (χ1n) is 6.83. The standard InChI is InChI=1S/C18H19NO2/c1-5-14-6-8-15(9-7-14)18-16(12(2)20)10-19(4)11-17(18)13(3)21/h5-11,18H,1H2,2-4H3. The molecule has 1 aliphatic rings. The number of rotatable bonds is 4. The van der Waals surface area contributed by atoms with Gasteiger partial charge in [-0.2, -0.15) is 0 Å². The Kier molecular flexibility index (Phi) is 4.22. The molecule has 1 aromatic carbocycles. The predicted molar refractivity (Wildman–Crippen MR) is 84.6 cm³/mol. The number of ketones is 2. The molecule has 0 saturated carbocycles. The Labute approximate surface area is 125 Å². The van der Waals surface area contributed by atoms with E-state index in [2.05, 4.69) is 6.58 Å². The second kappa shape index (κ2) is 5.92. The van der Waals surface area contributed by atoms with E-state index in [1.807, 2.05) is 31.3 Å². The SMILES string of the molecule is C=Cc1ccc(C2C(C(C)=O)=CN(C)C=C2C(C)=O)cc1. The molecule has 0 unspecified atom stereocenters. The molecule has 0 aromatic heterocycles. The summed E-state index contributed by atoms with van der Waals surface area (Å²) in [7, 11) is 1.82. The third kappa shape index (κ3) is 3.02. The molecule has 0 aliphatic carbocycles. The number of carbonyl (C=O) groups is 2. The average Bonchev–Trinajstić information content (AvgIpc) is 2.46. The molecule has 1 aromatic rings. The summed E-state index contributed by atoms with van der Waals surface area (Å²) in [5.41, 5.74) is 3.22. The summed E-state index contributed by atoms with van der Waals surface area (Å²) < 4.78 is 0. The quantitative estimate of drug-likeness (QED) is 0.849. The van der Waals surface area contributed by atoms with Gasteiger partial charge in [0, 0.05) is 36.5 Å². The Morgan fingerprint density at radius 2 is 1.52 bits per heavy atom. The molecular weight excluding hydrogens is 262 g/mol. The number of carbonyl (C=O) groups excluding carboxylic acids is 2. The molecule has 0 saturated heterocycles. The van der Waals surface area contributed by atoms with Gasteiger partial charge in [0.15, 0.2) is 11.6 Å². The van der Waals surface area contributed by atoms with Gasteiger partial charge in [-0.1, -0.05) is 36.9 Å². The highest BCUT2D eigenvalue weighted by Crippen LogP contribution is 2.36. The summed E-state index contributed by atoms with van der Waals surface area (Å²) in [5.74, 6) is -0.340. The van der Waals surface area contributed by atoms with E-state index in [0.29, 0.717) is 11.1 Å². The lowest BCUT2D eigenvalue weighted by atomic mass is 9.80. The highest BCUT2D eigenvalue weighted by Gasteiger charge is 2.30. The zero-order chi connectivity index (χ0) is 15.6. The summed E-state index contributed by atoms with van der Waals surface area (Å²) in [6.45, 7) is 6.80. The summed E-state index contributed by atoms with van der Waals surface area (Å²) >= 11 is 0. The van der Waals surface area contributed by atoms with E-state index in [0.717, 1.165) is 11.1 Å². The summed E-state index contributed by atoms with van der Waals surface area (Å²) in [4.78, 5) is 25.7. The number of allylic oxidation sites excluding steroid dienone is 2. The van der Waals surface area contributed by atoms with Gasteiger partial charge < -0.3 is 4.90 Å². The third-order valence-electron chi connectivity index (χ3n) is 3.63. The molecule has 0 atom stereocenters. The zero-order valence-electron chi connectivity index (χ0n) is 12.6. The van der Waals surface area contributed by atoms with Crippen molar-refractivity contribution in [2.45, 2.75) is 19.8 Å². The summed E-state index contributed by atoms with van der Waals surface area (Å²) in [6.07, 6.45) is 5.35. The monoisotopic (exact) mass is 281 g/mol. The normalized spacial score (nSPS) is 15.3. The van der Waals surface area contributed by atoms with E-state index in [1.54, 1.807) is 23.4 Å². The maximum absolute atomic E-state index is 12.0. The number of hydrogen-bond acceptors (Lipinski definition) is 3. The second-order valence-electron chi connectivity index (χ2n) is 5.25. The molecule has 3 nitrogen and oxygen atoms in total. The van der Waals surface area contributed by atoms with Crippen molar-refractivity contribution in [3.05, 3.63) is 65.5 Å². The van der Waals surface area contributed by atoms with Gasteiger partial charge in [0.25, 0.3) is 0 Å². The molecule has 0 radical (unpaired) electrons.